The van der Waals surface area contributed by atoms with Crippen LogP contribution in [0, 0.1) is 12.7 Å². The third kappa shape index (κ3) is 4.18. The zero-order chi connectivity index (χ0) is 12.3. The monoisotopic (exact) mass is 245 g/mol. The van der Waals surface area contributed by atoms with Crippen molar-refractivity contribution in [3.05, 3.63) is 29.6 Å². The number of benzene rings is 1. The van der Waals surface area contributed by atoms with Crippen LogP contribution in [0.25, 0.3) is 0 Å². The fourth-order valence-corrected chi connectivity index (χ4v) is 2.51. The third-order valence-electron chi connectivity index (χ3n) is 2.12. The molecule has 1 aromatic carbocycles. The van der Waals surface area contributed by atoms with Gasteiger partial charge in [-0.2, -0.15) is 0 Å². The Morgan fingerprint density at radius 1 is 1.44 bits per heavy atom. The van der Waals surface area contributed by atoms with Crippen LogP contribution in [0.4, 0.5) is 10.1 Å². The Hall–Kier alpha value is -1.10. The van der Waals surface area contributed by atoms with Crippen molar-refractivity contribution in [3.8, 4) is 0 Å². The summed E-state index contributed by atoms with van der Waals surface area (Å²) in [6.45, 7) is 3.45. The van der Waals surface area contributed by atoms with Crippen molar-refractivity contribution in [2.45, 2.75) is 19.9 Å². The van der Waals surface area contributed by atoms with Gasteiger partial charge in [-0.1, -0.05) is 0 Å². The highest BCUT2D eigenvalue weighted by Crippen LogP contribution is 2.14. The molecule has 0 saturated heterocycles. The zero-order valence-corrected chi connectivity index (χ0v) is 10.4. The van der Waals surface area contributed by atoms with Gasteiger partial charge < -0.3 is 5.32 Å². The van der Waals surface area contributed by atoms with E-state index < -0.39 is 9.84 Å². The summed E-state index contributed by atoms with van der Waals surface area (Å²) in [4.78, 5) is 0. The number of aryl methyl sites for hydroxylation is 1. The minimum atomic E-state index is -3.00. The number of sulfone groups is 1. The highest BCUT2D eigenvalue weighted by Gasteiger charge is 2.10. The Morgan fingerprint density at radius 3 is 2.56 bits per heavy atom. The molecule has 1 atom stereocenters. The molecule has 0 aliphatic carbocycles. The lowest BCUT2D eigenvalue weighted by Crippen LogP contribution is -2.25. The van der Waals surface area contributed by atoms with E-state index in [2.05, 4.69) is 5.32 Å². The Bertz CT molecular complexity index is 471. The van der Waals surface area contributed by atoms with Crippen LogP contribution in [-0.4, -0.2) is 26.5 Å². The van der Waals surface area contributed by atoms with Crippen LogP contribution in [-0.2, 0) is 9.84 Å². The topological polar surface area (TPSA) is 46.2 Å². The van der Waals surface area contributed by atoms with Crippen LogP contribution >= 0.6 is 0 Å². The summed E-state index contributed by atoms with van der Waals surface area (Å²) in [6, 6.07) is 4.43. The molecule has 0 aliphatic rings. The normalized spacial score (nSPS) is 13.5. The second kappa shape index (κ2) is 4.82. The molecule has 0 aromatic heterocycles. The number of nitrogens with one attached hydrogen (secondary N) is 1. The van der Waals surface area contributed by atoms with Gasteiger partial charge in [0, 0.05) is 18.0 Å². The Labute approximate surface area is 95.6 Å². The number of hydrogen-bond donors (Lipinski definition) is 1. The number of anilines is 1. The first kappa shape index (κ1) is 13.0. The Balaban J connectivity index is 2.70. The highest BCUT2D eigenvalue weighted by atomic mass is 32.2. The zero-order valence-electron chi connectivity index (χ0n) is 9.62. The molecule has 1 unspecified atom stereocenters. The molecule has 1 rings (SSSR count). The molecule has 16 heavy (non-hydrogen) atoms. The van der Waals surface area contributed by atoms with Crippen molar-refractivity contribution in [3.63, 3.8) is 0 Å². The summed E-state index contributed by atoms with van der Waals surface area (Å²) < 4.78 is 35.1. The second-order valence-electron chi connectivity index (χ2n) is 4.10. The number of hydrogen-bond acceptors (Lipinski definition) is 3. The first-order valence-electron chi connectivity index (χ1n) is 4.98. The number of halogens is 1. The van der Waals surface area contributed by atoms with Crippen molar-refractivity contribution in [1.29, 1.82) is 0 Å². The fraction of sp³-hybridized carbons (Fsp3) is 0.455. The molecule has 90 valence electrons. The smallest absolute Gasteiger partial charge is 0.149 e. The SMILES string of the molecule is Cc1cc(NC(C)CS(C)(=O)=O)ccc1F. The van der Waals surface area contributed by atoms with E-state index in [9.17, 15) is 12.8 Å². The van der Waals surface area contributed by atoms with Crippen LogP contribution in [0.15, 0.2) is 18.2 Å². The van der Waals surface area contributed by atoms with Gasteiger partial charge in [0.2, 0.25) is 0 Å². The van der Waals surface area contributed by atoms with Crippen LogP contribution in [0.2, 0.25) is 0 Å². The molecule has 0 heterocycles. The third-order valence-corrected chi connectivity index (χ3v) is 3.23. The van der Waals surface area contributed by atoms with Crippen molar-refractivity contribution in [2.75, 3.05) is 17.3 Å². The van der Waals surface area contributed by atoms with Crippen LogP contribution in [0.1, 0.15) is 12.5 Å². The summed E-state index contributed by atoms with van der Waals surface area (Å²) in [5.41, 5.74) is 1.27. The standard InChI is InChI=1S/C11H16FNO2S/c1-8-6-10(4-5-11(8)12)13-9(2)7-16(3,14)15/h4-6,9,13H,7H2,1-3H3. The van der Waals surface area contributed by atoms with E-state index in [4.69, 9.17) is 0 Å². The van der Waals surface area contributed by atoms with Gasteiger partial charge in [-0.15, -0.1) is 0 Å². The lowest BCUT2D eigenvalue weighted by atomic mass is 10.2. The van der Waals surface area contributed by atoms with Crippen LogP contribution < -0.4 is 5.32 Å². The molecule has 1 aromatic rings. The first-order chi connectivity index (χ1) is 7.28. The number of rotatable bonds is 4. The molecule has 0 amide bonds. The lowest BCUT2D eigenvalue weighted by Gasteiger charge is -2.14. The predicted molar refractivity (Wildman–Crippen MR) is 63.9 cm³/mol. The van der Waals surface area contributed by atoms with E-state index in [1.54, 1.807) is 26.0 Å². The average Bonchev–Trinajstić information content (AvgIpc) is 2.08. The van der Waals surface area contributed by atoms with Gasteiger partial charge in [0.05, 0.1) is 5.75 Å². The molecule has 3 nitrogen and oxygen atoms in total. The van der Waals surface area contributed by atoms with Gasteiger partial charge in [0.15, 0.2) is 0 Å². The maximum Gasteiger partial charge on any atom is 0.149 e. The Kier molecular flexibility index (Phi) is 3.91. The van der Waals surface area contributed by atoms with Crippen molar-refractivity contribution in [1.82, 2.24) is 0 Å². The van der Waals surface area contributed by atoms with Crippen molar-refractivity contribution in [2.24, 2.45) is 0 Å². The summed E-state index contributed by atoms with van der Waals surface area (Å²) in [5, 5.41) is 3.02. The maximum absolute atomic E-state index is 13.0. The highest BCUT2D eigenvalue weighted by molar-refractivity contribution is 7.90. The first-order valence-corrected chi connectivity index (χ1v) is 7.04. The molecule has 0 spiro atoms. The molecule has 0 saturated carbocycles. The summed E-state index contributed by atoms with van der Waals surface area (Å²) >= 11 is 0. The summed E-state index contributed by atoms with van der Waals surface area (Å²) in [6.07, 6.45) is 1.20. The average molecular weight is 245 g/mol. The molecule has 5 heteroatoms. The molecule has 0 bridgehead atoms. The van der Waals surface area contributed by atoms with E-state index in [1.807, 2.05) is 0 Å². The van der Waals surface area contributed by atoms with Gasteiger partial charge in [0.25, 0.3) is 0 Å². The van der Waals surface area contributed by atoms with E-state index in [-0.39, 0.29) is 17.6 Å². The lowest BCUT2D eigenvalue weighted by molar-refractivity contribution is 0.597. The van der Waals surface area contributed by atoms with Crippen molar-refractivity contribution < 1.29 is 12.8 Å². The van der Waals surface area contributed by atoms with Gasteiger partial charge in [0.1, 0.15) is 15.7 Å². The molecule has 0 fully saturated rings. The minimum Gasteiger partial charge on any atom is -0.382 e. The molecular weight excluding hydrogens is 229 g/mol. The van der Waals surface area contributed by atoms with Gasteiger partial charge >= 0.3 is 0 Å². The molecule has 0 aliphatic heterocycles. The molecular formula is C11H16FNO2S. The minimum absolute atomic E-state index is 0.0590. The molecule has 0 radical (unpaired) electrons. The van der Waals surface area contributed by atoms with E-state index >= 15 is 0 Å². The predicted octanol–water partition coefficient (Wildman–Crippen LogP) is 1.98. The van der Waals surface area contributed by atoms with E-state index in [0.29, 0.717) is 5.56 Å². The van der Waals surface area contributed by atoms with E-state index in [0.717, 1.165) is 5.69 Å². The van der Waals surface area contributed by atoms with Gasteiger partial charge in [-0.05, 0) is 37.6 Å². The molecule has 1 N–H and O–H groups in total. The largest absolute Gasteiger partial charge is 0.382 e. The van der Waals surface area contributed by atoms with Crippen LogP contribution in [0.3, 0.4) is 0 Å². The van der Waals surface area contributed by atoms with Gasteiger partial charge in [-0.3, -0.25) is 0 Å². The van der Waals surface area contributed by atoms with Crippen LogP contribution in [0.5, 0.6) is 0 Å². The second-order valence-corrected chi connectivity index (χ2v) is 6.29. The summed E-state index contributed by atoms with van der Waals surface area (Å²) in [5.74, 6) is -0.204. The fourth-order valence-electron chi connectivity index (χ4n) is 1.51. The quantitative estimate of drug-likeness (QED) is 0.882. The van der Waals surface area contributed by atoms with E-state index in [1.165, 1.54) is 12.3 Å². The summed E-state index contributed by atoms with van der Waals surface area (Å²) in [7, 11) is -3.00. The Morgan fingerprint density at radius 2 is 2.06 bits per heavy atom. The van der Waals surface area contributed by atoms with Crippen molar-refractivity contribution >= 4 is 15.5 Å². The maximum atomic E-state index is 13.0. The van der Waals surface area contributed by atoms with Gasteiger partial charge in [-0.25, -0.2) is 12.8 Å².